The van der Waals surface area contributed by atoms with Gasteiger partial charge in [-0.05, 0) is 54.6 Å². The molecular weight excluding hydrogens is 695 g/mol. The predicted octanol–water partition coefficient (Wildman–Crippen LogP) is 9.15. The summed E-state index contributed by atoms with van der Waals surface area (Å²) >= 11 is 0. The van der Waals surface area contributed by atoms with Gasteiger partial charge in [0, 0.05) is 43.4 Å². The van der Waals surface area contributed by atoms with Crippen LogP contribution in [0.25, 0.3) is 55.6 Å². The molecule has 1 radical (unpaired) electrons. The number of aromatic nitrogens is 2. The molecular formula is C37H25IrN3O-2. The van der Waals surface area contributed by atoms with E-state index in [9.17, 15) is 5.26 Å². The summed E-state index contributed by atoms with van der Waals surface area (Å²) in [6.07, 6.45) is 3.66. The number of hydrogen-bond acceptors (Lipinski definition) is 4. The summed E-state index contributed by atoms with van der Waals surface area (Å²) in [4.78, 5) is 8.80. The number of pyridine rings is 2. The van der Waals surface area contributed by atoms with Gasteiger partial charge in [-0.3, -0.25) is 0 Å². The van der Waals surface area contributed by atoms with Crippen LogP contribution in [0.4, 0.5) is 0 Å². The van der Waals surface area contributed by atoms with E-state index in [0.29, 0.717) is 5.56 Å². The van der Waals surface area contributed by atoms with Crippen LogP contribution in [-0.4, -0.2) is 9.97 Å². The second kappa shape index (κ2) is 12.7. The van der Waals surface area contributed by atoms with Crippen LogP contribution in [0.15, 0.2) is 120 Å². The van der Waals surface area contributed by atoms with Gasteiger partial charge in [-0.1, -0.05) is 65.0 Å². The molecule has 0 fully saturated rings. The molecule has 0 spiro atoms. The van der Waals surface area contributed by atoms with Crippen molar-refractivity contribution in [3.05, 3.63) is 144 Å². The summed E-state index contributed by atoms with van der Waals surface area (Å²) in [7, 11) is 0. The fraction of sp³-hybridized carbons (Fsp3) is 0.0541. The zero-order valence-corrected chi connectivity index (χ0v) is 25.4. The minimum atomic E-state index is 0. The summed E-state index contributed by atoms with van der Waals surface area (Å²) in [5.41, 5.74) is 9.97. The van der Waals surface area contributed by atoms with Crippen LogP contribution >= 0.6 is 0 Å². The van der Waals surface area contributed by atoms with Gasteiger partial charge in [0.25, 0.3) is 0 Å². The Morgan fingerprint density at radius 2 is 1.57 bits per heavy atom. The third kappa shape index (κ3) is 5.92. The van der Waals surface area contributed by atoms with Crippen LogP contribution < -0.4 is 0 Å². The summed E-state index contributed by atoms with van der Waals surface area (Å²) in [6, 6.07) is 42.3. The van der Waals surface area contributed by atoms with E-state index in [1.807, 2.05) is 117 Å². The average Bonchev–Trinajstić information content (AvgIpc) is 3.39. The molecule has 42 heavy (non-hydrogen) atoms. The van der Waals surface area contributed by atoms with Crippen molar-refractivity contribution in [2.75, 3.05) is 0 Å². The largest absolute Gasteiger partial charge is 0.501 e. The number of nitriles is 1. The van der Waals surface area contributed by atoms with Gasteiger partial charge < -0.3 is 14.4 Å². The SMILES string of the molecule is Cc1ccc(-c2[c-]cccc2)nc1.Cc1ccnc(-c2[c-]ccc3c2oc2cc(-c4ccccc4)c(C#N)cc23)c1.[Ir]. The number of benzene rings is 4. The Balaban J connectivity index is 0.000000212. The zero-order valence-electron chi connectivity index (χ0n) is 23.1. The Morgan fingerprint density at radius 3 is 2.29 bits per heavy atom. The van der Waals surface area contributed by atoms with Crippen LogP contribution in [0.5, 0.6) is 0 Å². The Hall–Kier alpha value is -4.88. The molecule has 0 amide bonds. The molecule has 7 aromatic rings. The van der Waals surface area contributed by atoms with Crippen molar-refractivity contribution in [2.45, 2.75) is 13.8 Å². The molecule has 205 valence electrons. The second-order valence-electron chi connectivity index (χ2n) is 9.78. The van der Waals surface area contributed by atoms with Crippen LogP contribution in [0.1, 0.15) is 16.7 Å². The second-order valence-corrected chi connectivity index (χ2v) is 9.78. The number of rotatable bonds is 3. The molecule has 7 rings (SSSR count). The standard InChI is InChI=1S/C25H15N2O.C12H10N.Ir/c1-16-10-11-27-23(12-16)20-9-5-8-19-22-13-18(15-26)21(14-24(22)28-25(19)20)17-6-3-2-4-7-17;1-10-7-8-12(13-9-10)11-5-3-2-4-6-11;/h2-8,10-14H,1H3;2-5,7-9H,1H3;/q2*-1;. The molecule has 4 nitrogen and oxygen atoms in total. The fourth-order valence-electron chi connectivity index (χ4n) is 4.78. The fourth-order valence-corrected chi connectivity index (χ4v) is 4.78. The van der Waals surface area contributed by atoms with Crippen LogP contribution in [0.3, 0.4) is 0 Å². The monoisotopic (exact) mass is 720 g/mol. The maximum atomic E-state index is 9.72. The molecule has 0 aliphatic rings. The summed E-state index contributed by atoms with van der Waals surface area (Å²) < 4.78 is 6.26. The van der Waals surface area contributed by atoms with Gasteiger partial charge in [0.1, 0.15) is 5.58 Å². The third-order valence-electron chi connectivity index (χ3n) is 6.84. The quantitative estimate of drug-likeness (QED) is 0.171. The van der Waals surface area contributed by atoms with Gasteiger partial charge in [-0.2, -0.15) is 5.26 Å². The molecule has 5 heteroatoms. The van der Waals surface area contributed by atoms with Crippen LogP contribution in [-0.2, 0) is 20.1 Å². The van der Waals surface area contributed by atoms with Gasteiger partial charge in [0.15, 0.2) is 0 Å². The Bertz CT molecular complexity index is 2010. The normalized spacial score (nSPS) is 10.4. The van der Waals surface area contributed by atoms with Gasteiger partial charge in [-0.15, -0.1) is 54.1 Å². The maximum absolute atomic E-state index is 9.72. The van der Waals surface area contributed by atoms with Crippen molar-refractivity contribution >= 4 is 21.9 Å². The molecule has 0 aliphatic carbocycles. The molecule has 0 unspecified atom stereocenters. The van der Waals surface area contributed by atoms with Crippen molar-refractivity contribution in [2.24, 2.45) is 0 Å². The van der Waals surface area contributed by atoms with Crippen molar-refractivity contribution in [1.29, 1.82) is 5.26 Å². The summed E-state index contributed by atoms with van der Waals surface area (Å²) in [5.74, 6) is 0. The Morgan fingerprint density at radius 1 is 0.738 bits per heavy atom. The minimum absolute atomic E-state index is 0. The van der Waals surface area contributed by atoms with Gasteiger partial charge >= 0.3 is 0 Å². The number of hydrogen-bond donors (Lipinski definition) is 0. The number of aryl methyl sites for hydroxylation is 2. The first-order chi connectivity index (χ1) is 20.1. The molecule has 0 bridgehead atoms. The van der Waals surface area contributed by atoms with E-state index in [1.165, 1.54) is 5.56 Å². The minimum Gasteiger partial charge on any atom is -0.501 e. The molecule has 0 aliphatic heterocycles. The first-order valence-electron chi connectivity index (χ1n) is 13.3. The molecule has 0 atom stereocenters. The molecule has 3 aromatic heterocycles. The van der Waals surface area contributed by atoms with Crippen molar-refractivity contribution in [3.8, 4) is 39.7 Å². The predicted molar refractivity (Wildman–Crippen MR) is 164 cm³/mol. The number of nitrogens with zero attached hydrogens (tertiary/aromatic N) is 3. The van der Waals surface area contributed by atoms with Crippen molar-refractivity contribution in [3.63, 3.8) is 0 Å². The first kappa shape index (κ1) is 28.6. The maximum Gasteiger partial charge on any atom is 0.121 e. The molecule has 0 saturated heterocycles. The third-order valence-corrected chi connectivity index (χ3v) is 6.84. The zero-order chi connectivity index (χ0) is 28.2. The van der Waals surface area contributed by atoms with Gasteiger partial charge in [0.05, 0.1) is 17.2 Å². The summed E-state index contributed by atoms with van der Waals surface area (Å²) in [5, 5.41) is 11.6. The number of fused-ring (bicyclic) bond motifs is 3. The molecule has 0 saturated carbocycles. The topological polar surface area (TPSA) is 62.7 Å². The van der Waals surface area contributed by atoms with E-state index in [1.54, 1.807) is 6.20 Å². The van der Waals surface area contributed by atoms with Gasteiger partial charge in [-0.25, -0.2) is 0 Å². The van der Waals surface area contributed by atoms with E-state index in [2.05, 4.69) is 34.2 Å². The van der Waals surface area contributed by atoms with E-state index in [-0.39, 0.29) is 20.1 Å². The van der Waals surface area contributed by atoms with Crippen molar-refractivity contribution in [1.82, 2.24) is 9.97 Å². The number of furan rings is 1. The average molecular weight is 720 g/mol. The van der Waals surface area contributed by atoms with Crippen LogP contribution in [0, 0.1) is 37.3 Å². The van der Waals surface area contributed by atoms with E-state index in [0.717, 1.165) is 61.1 Å². The van der Waals surface area contributed by atoms with E-state index in [4.69, 9.17) is 4.42 Å². The molecule has 0 N–H and O–H groups in total. The molecule has 4 aromatic carbocycles. The first-order valence-corrected chi connectivity index (χ1v) is 13.3. The van der Waals surface area contributed by atoms with Crippen molar-refractivity contribution < 1.29 is 24.5 Å². The van der Waals surface area contributed by atoms with Crippen LogP contribution in [0.2, 0.25) is 0 Å². The van der Waals surface area contributed by atoms with E-state index < -0.39 is 0 Å². The van der Waals surface area contributed by atoms with E-state index >= 15 is 0 Å². The Kier molecular flexibility index (Phi) is 8.69. The Labute approximate surface area is 258 Å². The summed E-state index contributed by atoms with van der Waals surface area (Å²) in [6.45, 7) is 4.07. The molecule has 3 heterocycles. The van der Waals surface area contributed by atoms with Gasteiger partial charge in [0.2, 0.25) is 0 Å². The smallest absolute Gasteiger partial charge is 0.121 e.